The number of rotatable bonds is 2. The molecule has 1 unspecified atom stereocenters. The molecule has 0 aromatic carbocycles. The topological polar surface area (TPSA) is 59.0 Å². The number of aromatic nitrogens is 2. The van der Waals surface area contributed by atoms with Crippen molar-refractivity contribution in [1.82, 2.24) is 15.1 Å². The van der Waals surface area contributed by atoms with Gasteiger partial charge in [-0.25, -0.2) is 0 Å². The van der Waals surface area contributed by atoms with Gasteiger partial charge in [0.25, 0.3) is 0 Å². The quantitative estimate of drug-likeness (QED) is 0.875. The number of hydrogen-bond acceptors (Lipinski definition) is 3. The van der Waals surface area contributed by atoms with Crippen LogP contribution >= 0.6 is 12.4 Å². The van der Waals surface area contributed by atoms with Crippen LogP contribution in [0.2, 0.25) is 0 Å². The van der Waals surface area contributed by atoms with Crippen LogP contribution in [0.25, 0.3) is 0 Å². The largest absolute Gasteiger partial charge is 0.317 e. The van der Waals surface area contributed by atoms with E-state index in [4.69, 9.17) is 0 Å². The van der Waals surface area contributed by atoms with Crippen molar-refractivity contribution in [1.29, 1.82) is 0 Å². The summed E-state index contributed by atoms with van der Waals surface area (Å²) in [5, 5.41) is 10.8. The Morgan fingerprint density at radius 2 is 2.05 bits per heavy atom. The fraction of sp³-hybridized carbons (Fsp3) is 0.714. The van der Waals surface area contributed by atoms with E-state index in [0.717, 1.165) is 49.4 Å². The van der Waals surface area contributed by atoms with Gasteiger partial charge in [0.05, 0.1) is 5.69 Å². The van der Waals surface area contributed by atoms with E-state index in [9.17, 15) is 4.79 Å². The monoisotopic (exact) mass is 298 g/mol. The van der Waals surface area contributed by atoms with E-state index in [0.29, 0.717) is 0 Å². The second-order valence-corrected chi connectivity index (χ2v) is 6.04. The first kappa shape index (κ1) is 15.3. The molecular weight excluding hydrogens is 276 g/mol. The average Bonchev–Trinajstić information content (AvgIpc) is 3.02. The predicted octanol–water partition coefficient (Wildman–Crippen LogP) is 1.79. The van der Waals surface area contributed by atoms with Crippen LogP contribution in [-0.4, -0.2) is 28.8 Å². The molecule has 2 N–H and O–H groups in total. The SMILES string of the molecule is Cc1nn(C)c(NC(=O)C2CC23CCNCC3)c1C.Cl. The Bertz CT molecular complexity index is 519. The maximum absolute atomic E-state index is 12.4. The fourth-order valence-electron chi connectivity index (χ4n) is 3.34. The number of carbonyl (C=O) groups excluding carboxylic acids is 1. The minimum Gasteiger partial charge on any atom is -0.317 e. The lowest BCUT2D eigenvalue weighted by atomic mass is 9.92. The molecule has 6 heteroatoms. The Hall–Kier alpha value is -1.07. The van der Waals surface area contributed by atoms with Crippen LogP contribution in [0.5, 0.6) is 0 Å². The summed E-state index contributed by atoms with van der Waals surface area (Å²) in [6.07, 6.45) is 3.32. The van der Waals surface area contributed by atoms with Gasteiger partial charge in [-0.15, -0.1) is 12.4 Å². The van der Waals surface area contributed by atoms with E-state index in [1.807, 2.05) is 20.9 Å². The third kappa shape index (κ3) is 2.44. The second kappa shape index (κ2) is 5.37. The lowest BCUT2D eigenvalue weighted by molar-refractivity contribution is -0.118. The van der Waals surface area contributed by atoms with Gasteiger partial charge in [0.1, 0.15) is 5.82 Å². The number of halogens is 1. The predicted molar refractivity (Wildman–Crippen MR) is 81.2 cm³/mol. The molecule has 1 saturated heterocycles. The summed E-state index contributed by atoms with van der Waals surface area (Å²) in [6, 6.07) is 0. The molecule has 2 heterocycles. The zero-order valence-electron chi connectivity index (χ0n) is 12.3. The first-order chi connectivity index (χ1) is 9.03. The van der Waals surface area contributed by atoms with Crippen LogP contribution in [0.1, 0.15) is 30.5 Å². The lowest BCUT2D eigenvalue weighted by Crippen LogP contribution is -2.31. The van der Waals surface area contributed by atoms with Gasteiger partial charge < -0.3 is 10.6 Å². The van der Waals surface area contributed by atoms with Gasteiger partial charge in [0, 0.05) is 18.5 Å². The number of aryl methyl sites for hydroxylation is 2. The number of hydrogen-bond donors (Lipinski definition) is 2. The summed E-state index contributed by atoms with van der Waals surface area (Å²) in [6.45, 7) is 6.07. The first-order valence-electron chi connectivity index (χ1n) is 7.05. The van der Waals surface area contributed by atoms with Crippen molar-refractivity contribution in [3.05, 3.63) is 11.3 Å². The summed E-state index contributed by atoms with van der Waals surface area (Å²) in [7, 11) is 1.88. The maximum atomic E-state index is 12.4. The summed E-state index contributed by atoms with van der Waals surface area (Å²) < 4.78 is 1.76. The zero-order valence-corrected chi connectivity index (χ0v) is 13.1. The van der Waals surface area contributed by atoms with Crippen molar-refractivity contribution in [3.63, 3.8) is 0 Å². The third-order valence-corrected chi connectivity index (χ3v) is 4.87. The Morgan fingerprint density at radius 1 is 1.40 bits per heavy atom. The summed E-state index contributed by atoms with van der Waals surface area (Å²) in [5.74, 6) is 1.22. The number of amides is 1. The number of nitrogens with zero attached hydrogens (tertiary/aromatic N) is 2. The number of piperidine rings is 1. The highest BCUT2D eigenvalue weighted by Crippen LogP contribution is 2.58. The van der Waals surface area contributed by atoms with Gasteiger partial charge in [-0.2, -0.15) is 5.10 Å². The molecule has 3 rings (SSSR count). The minimum absolute atomic E-state index is 0. The summed E-state index contributed by atoms with van der Waals surface area (Å²) in [4.78, 5) is 12.4. The van der Waals surface area contributed by atoms with Crippen LogP contribution < -0.4 is 10.6 Å². The highest BCUT2D eigenvalue weighted by molar-refractivity contribution is 5.95. The standard InChI is InChI=1S/C14H22N4O.ClH/c1-9-10(2)17-18(3)12(9)16-13(19)11-8-14(11)4-6-15-7-5-14;/h11,15H,4-8H2,1-3H3,(H,16,19);1H. The molecule has 5 nitrogen and oxygen atoms in total. The van der Waals surface area contributed by atoms with Gasteiger partial charge in [-0.3, -0.25) is 9.48 Å². The Balaban J connectivity index is 0.00000147. The van der Waals surface area contributed by atoms with Gasteiger partial charge in [-0.05, 0) is 51.6 Å². The molecule has 2 aliphatic rings. The fourth-order valence-corrected chi connectivity index (χ4v) is 3.34. The molecule has 1 aliphatic carbocycles. The molecule has 1 aliphatic heterocycles. The number of carbonyl (C=O) groups is 1. The maximum Gasteiger partial charge on any atom is 0.229 e. The van der Waals surface area contributed by atoms with E-state index >= 15 is 0 Å². The van der Waals surface area contributed by atoms with E-state index in [2.05, 4.69) is 15.7 Å². The van der Waals surface area contributed by atoms with Crippen LogP contribution in [-0.2, 0) is 11.8 Å². The molecule has 1 amide bonds. The lowest BCUT2D eigenvalue weighted by Gasteiger charge is -2.23. The van der Waals surface area contributed by atoms with Crippen molar-refractivity contribution >= 4 is 24.1 Å². The highest BCUT2D eigenvalue weighted by atomic mass is 35.5. The van der Waals surface area contributed by atoms with Gasteiger partial charge in [-0.1, -0.05) is 0 Å². The Morgan fingerprint density at radius 3 is 2.60 bits per heavy atom. The number of anilines is 1. The van der Waals surface area contributed by atoms with Crippen molar-refractivity contribution < 1.29 is 4.79 Å². The van der Waals surface area contributed by atoms with Crippen LogP contribution in [0.15, 0.2) is 0 Å². The second-order valence-electron chi connectivity index (χ2n) is 6.04. The Labute approximate surface area is 125 Å². The Kier molecular flexibility index (Phi) is 4.12. The molecule has 1 spiro atoms. The molecule has 0 radical (unpaired) electrons. The van der Waals surface area contributed by atoms with Crippen LogP contribution in [0.4, 0.5) is 5.82 Å². The molecule has 1 aromatic heterocycles. The zero-order chi connectivity index (χ0) is 13.6. The molecule has 0 bridgehead atoms. The molecule has 1 saturated carbocycles. The van der Waals surface area contributed by atoms with Crippen molar-refractivity contribution in [3.8, 4) is 0 Å². The smallest absolute Gasteiger partial charge is 0.229 e. The van der Waals surface area contributed by atoms with Gasteiger partial charge in [0.2, 0.25) is 5.91 Å². The van der Waals surface area contributed by atoms with Crippen LogP contribution in [0, 0.1) is 25.2 Å². The third-order valence-electron chi connectivity index (χ3n) is 4.87. The van der Waals surface area contributed by atoms with E-state index in [1.165, 1.54) is 0 Å². The van der Waals surface area contributed by atoms with E-state index in [-0.39, 0.29) is 29.6 Å². The molecule has 1 aromatic rings. The highest BCUT2D eigenvalue weighted by Gasteiger charge is 2.57. The molecule has 1 atom stereocenters. The van der Waals surface area contributed by atoms with Crippen molar-refractivity contribution in [2.45, 2.75) is 33.1 Å². The molecule has 2 fully saturated rings. The first-order valence-corrected chi connectivity index (χ1v) is 7.05. The molecular formula is C14H23ClN4O. The van der Waals surface area contributed by atoms with E-state index in [1.54, 1.807) is 4.68 Å². The van der Waals surface area contributed by atoms with Crippen LogP contribution in [0.3, 0.4) is 0 Å². The molecule has 20 heavy (non-hydrogen) atoms. The molecule has 112 valence electrons. The van der Waals surface area contributed by atoms with Crippen molar-refractivity contribution in [2.75, 3.05) is 18.4 Å². The summed E-state index contributed by atoms with van der Waals surface area (Å²) >= 11 is 0. The van der Waals surface area contributed by atoms with Crippen molar-refractivity contribution in [2.24, 2.45) is 18.4 Å². The van der Waals surface area contributed by atoms with Gasteiger partial charge in [0.15, 0.2) is 0 Å². The van der Waals surface area contributed by atoms with Gasteiger partial charge >= 0.3 is 0 Å². The number of nitrogens with one attached hydrogen (secondary N) is 2. The minimum atomic E-state index is 0. The summed E-state index contributed by atoms with van der Waals surface area (Å²) in [5.41, 5.74) is 2.33. The normalized spacial score (nSPS) is 23.2. The van der Waals surface area contributed by atoms with E-state index < -0.39 is 0 Å². The average molecular weight is 299 g/mol.